The number of methoxy groups -OCH3 is 1. The third-order valence-electron chi connectivity index (χ3n) is 6.06. The third-order valence-corrected chi connectivity index (χ3v) is 6.06. The fourth-order valence-electron chi connectivity index (χ4n) is 3.83. The molecular formula is C29H32N2O6. The maximum atomic E-state index is 13.3. The molecule has 0 fully saturated rings. The van der Waals surface area contributed by atoms with E-state index in [4.69, 9.17) is 9.47 Å². The van der Waals surface area contributed by atoms with Crippen LogP contribution in [0.1, 0.15) is 27.8 Å². The molecule has 0 aliphatic heterocycles. The summed E-state index contributed by atoms with van der Waals surface area (Å²) in [6.07, 6.45) is -0.712. The Labute approximate surface area is 216 Å². The zero-order valence-corrected chi connectivity index (χ0v) is 21.2. The van der Waals surface area contributed by atoms with E-state index < -0.39 is 30.1 Å². The number of benzene rings is 3. The van der Waals surface area contributed by atoms with Crippen LogP contribution in [0, 0.1) is 13.8 Å². The average molecular weight is 505 g/mol. The lowest BCUT2D eigenvalue weighted by atomic mass is 10.0. The van der Waals surface area contributed by atoms with Crippen LogP contribution in [0.2, 0.25) is 0 Å². The van der Waals surface area contributed by atoms with Crippen LogP contribution in [0.25, 0.3) is 0 Å². The monoisotopic (exact) mass is 504 g/mol. The van der Waals surface area contributed by atoms with Crippen molar-refractivity contribution in [2.24, 2.45) is 0 Å². The minimum Gasteiger partial charge on any atom is -0.480 e. The summed E-state index contributed by atoms with van der Waals surface area (Å²) in [7, 11) is 1.22. The van der Waals surface area contributed by atoms with Gasteiger partial charge < -0.3 is 14.6 Å². The quantitative estimate of drug-likeness (QED) is 0.297. The molecule has 0 radical (unpaired) electrons. The molecule has 3 rings (SSSR count). The summed E-state index contributed by atoms with van der Waals surface area (Å²) in [5.74, 6) is -1.88. The Hall–Kier alpha value is -4.17. The van der Waals surface area contributed by atoms with Gasteiger partial charge in [-0.15, -0.1) is 0 Å². The van der Waals surface area contributed by atoms with Crippen LogP contribution in [0.5, 0.6) is 0 Å². The lowest BCUT2D eigenvalue weighted by Gasteiger charge is -2.32. The van der Waals surface area contributed by atoms with Crippen LogP contribution in [-0.2, 0) is 38.5 Å². The fraction of sp³-hybridized carbons (Fsp3) is 0.276. The number of aliphatic carboxylic acids is 1. The molecule has 0 aliphatic rings. The van der Waals surface area contributed by atoms with Crippen molar-refractivity contribution in [3.8, 4) is 0 Å². The number of carbonyl (C=O) groups excluding carboxylic acids is 2. The van der Waals surface area contributed by atoms with E-state index >= 15 is 0 Å². The van der Waals surface area contributed by atoms with E-state index in [0.29, 0.717) is 0 Å². The molecular weight excluding hydrogens is 472 g/mol. The minimum atomic E-state index is -1.21. The molecule has 2 atom stereocenters. The molecule has 0 bridgehead atoms. The van der Waals surface area contributed by atoms with Gasteiger partial charge in [0.25, 0.3) is 0 Å². The molecule has 0 aromatic heterocycles. The molecule has 1 amide bonds. The number of aryl methyl sites for hydroxylation is 2. The van der Waals surface area contributed by atoms with Gasteiger partial charge in [-0.2, -0.15) is 0 Å². The number of amides is 1. The van der Waals surface area contributed by atoms with E-state index in [2.05, 4.69) is 5.43 Å². The lowest BCUT2D eigenvalue weighted by Crippen LogP contribution is -2.59. The van der Waals surface area contributed by atoms with Gasteiger partial charge in [0.05, 0.1) is 7.11 Å². The van der Waals surface area contributed by atoms with Crippen LogP contribution < -0.4 is 5.43 Å². The predicted octanol–water partition coefficient (Wildman–Crippen LogP) is 4.23. The molecule has 0 unspecified atom stereocenters. The van der Waals surface area contributed by atoms with Gasteiger partial charge in [0.1, 0.15) is 12.6 Å². The smallest absolute Gasteiger partial charge is 0.425 e. The van der Waals surface area contributed by atoms with Gasteiger partial charge in [0.15, 0.2) is 6.04 Å². The second kappa shape index (κ2) is 13.2. The van der Waals surface area contributed by atoms with Crippen molar-refractivity contribution in [3.63, 3.8) is 0 Å². The highest BCUT2D eigenvalue weighted by Gasteiger charge is 2.35. The number of carbonyl (C=O) groups is 3. The van der Waals surface area contributed by atoms with Crippen molar-refractivity contribution in [1.29, 1.82) is 0 Å². The molecule has 0 spiro atoms. The molecule has 0 saturated heterocycles. The highest BCUT2D eigenvalue weighted by molar-refractivity contribution is 5.82. The molecule has 8 nitrogen and oxygen atoms in total. The van der Waals surface area contributed by atoms with Crippen molar-refractivity contribution in [1.82, 2.24) is 10.4 Å². The van der Waals surface area contributed by atoms with Crippen molar-refractivity contribution >= 4 is 18.0 Å². The number of hydrogen-bond donors (Lipinski definition) is 2. The number of hydrazine groups is 1. The van der Waals surface area contributed by atoms with Crippen LogP contribution >= 0.6 is 0 Å². The first kappa shape index (κ1) is 27.4. The number of ether oxygens (including phenoxy) is 2. The first-order valence-corrected chi connectivity index (χ1v) is 11.9. The van der Waals surface area contributed by atoms with Crippen LogP contribution in [0.15, 0.2) is 78.9 Å². The maximum Gasteiger partial charge on any atom is 0.425 e. The van der Waals surface area contributed by atoms with E-state index in [1.165, 1.54) is 7.11 Å². The summed E-state index contributed by atoms with van der Waals surface area (Å²) in [5, 5.41) is 11.0. The van der Waals surface area contributed by atoms with E-state index in [9.17, 15) is 19.5 Å². The van der Waals surface area contributed by atoms with Gasteiger partial charge in [-0.05, 0) is 41.7 Å². The Morgan fingerprint density at radius 3 is 2.03 bits per heavy atom. The molecule has 3 aromatic carbocycles. The topological polar surface area (TPSA) is 105 Å². The molecule has 3 aromatic rings. The first-order valence-electron chi connectivity index (χ1n) is 11.9. The highest BCUT2D eigenvalue weighted by Crippen LogP contribution is 2.16. The first-order chi connectivity index (χ1) is 17.8. The van der Waals surface area contributed by atoms with Gasteiger partial charge in [0, 0.05) is 12.8 Å². The number of hydrogen-bond acceptors (Lipinski definition) is 6. The SMILES string of the molecule is COC(=O)[C@H](Cc1ccccc1)N(N[C@@H](Cc1ccc(C)c(C)c1)C(=O)O)C(=O)OCc1ccccc1. The summed E-state index contributed by atoms with van der Waals surface area (Å²) < 4.78 is 10.5. The van der Waals surface area contributed by atoms with Crippen molar-refractivity contribution in [3.05, 3.63) is 107 Å². The fourth-order valence-corrected chi connectivity index (χ4v) is 3.83. The van der Waals surface area contributed by atoms with E-state index in [1.807, 2.05) is 80.6 Å². The minimum absolute atomic E-state index is 0.0496. The van der Waals surface area contributed by atoms with Gasteiger partial charge in [0.2, 0.25) is 0 Å². The number of carboxylic acid groups (broad SMARTS) is 1. The van der Waals surface area contributed by atoms with Crippen molar-refractivity contribution < 1.29 is 29.0 Å². The van der Waals surface area contributed by atoms with Crippen LogP contribution in [0.3, 0.4) is 0 Å². The van der Waals surface area contributed by atoms with Crippen LogP contribution in [-0.4, -0.2) is 47.3 Å². The zero-order valence-electron chi connectivity index (χ0n) is 21.2. The van der Waals surface area contributed by atoms with Gasteiger partial charge in [-0.25, -0.2) is 20.0 Å². The van der Waals surface area contributed by atoms with Crippen molar-refractivity contribution in [2.75, 3.05) is 7.11 Å². The Bertz CT molecular complexity index is 1200. The average Bonchev–Trinajstić information content (AvgIpc) is 2.91. The molecule has 8 heteroatoms. The summed E-state index contributed by atoms with van der Waals surface area (Å²) >= 11 is 0. The normalized spacial score (nSPS) is 12.3. The lowest BCUT2D eigenvalue weighted by molar-refractivity contribution is -0.150. The largest absolute Gasteiger partial charge is 0.480 e. The molecule has 0 heterocycles. The Morgan fingerprint density at radius 2 is 1.46 bits per heavy atom. The molecule has 2 N–H and O–H groups in total. The second-order valence-electron chi connectivity index (χ2n) is 8.78. The Morgan fingerprint density at radius 1 is 0.838 bits per heavy atom. The standard InChI is InChI=1S/C29H32N2O6/c1-20-14-15-24(16-21(20)2)17-25(27(32)33)30-31(29(35)37-19-23-12-8-5-9-13-23)26(28(34)36-3)18-22-10-6-4-7-11-22/h4-16,25-26,30H,17-19H2,1-3H3,(H,32,33)/t25-,26-/m0/s1. The molecule has 194 valence electrons. The molecule has 37 heavy (non-hydrogen) atoms. The number of esters is 1. The van der Waals surface area contributed by atoms with E-state index in [0.717, 1.165) is 32.8 Å². The number of nitrogens with one attached hydrogen (secondary N) is 1. The number of carboxylic acids is 1. The van der Waals surface area contributed by atoms with E-state index in [-0.39, 0.29) is 19.4 Å². The van der Waals surface area contributed by atoms with Gasteiger partial charge in [-0.3, -0.25) is 4.79 Å². The Kier molecular flexibility index (Phi) is 9.80. The van der Waals surface area contributed by atoms with Gasteiger partial charge in [-0.1, -0.05) is 78.9 Å². The summed E-state index contributed by atoms with van der Waals surface area (Å²) in [6, 6.07) is 21.5. The number of nitrogens with zero attached hydrogens (tertiary/aromatic N) is 1. The summed E-state index contributed by atoms with van der Waals surface area (Å²) in [4.78, 5) is 38.4. The van der Waals surface area contributed by atoms with Crippen LogP contribution in [0.4, 0.5) is 4.79 Å². The molecule has 0 saturated carbocycles. The predicted molar refractivity (Wildman–Crippen MR) is 139 cm³/mol. The van der Waals surface area contributed by atoms with Crippen molar-refractivity contribution in [2.45, 2.75) is 45.4 Å². The highest BCUT2D eigenvalue weighted by atomic mass is 16.6. The summed E-state index contributed by atoms with van der Waals surface area (Å²) in [6.45, 7) is 3.87. The zero-order chi connectivity index (χ0) is 26.8. The summed E-state index contributed by atoms with van der Waals surface area (Å²) in [5.41, 5.74) is 7.17. The second-order valence-corrected chi connectivity index (χ2v) is 8.78. The number of rotatable bonds is 11. The Balaban J connectivity index is 1.91. The molecule has 0 aliphatic carbocycles. The van der Waals surface area contributed by atoms with Gasteiger partial charge >= 0.3 is 18.0 Å². The maximum absolute atomic E-state index is 13.3. The van der Waals surface area contributed by atoms with E-state index in [1.54, 1.807) is 12.1 Å². The third kappa shape index (κ3) is 7.91.